The minimum atomic E-state index is -2.36. The SMILES string of the molecule is FC(F)CN(Cc1cnc[nH]1)c1ccccc1. The number of anilines is 1. The van der Waals surface area contributed by atoms with Crippen LogP contribution in [0.25, 0.3) is 0 Å². The number of nitrogens with zero attached hydrogens (tertiary/aromatic N) is 2. The third kappa shape index (κ3) is 3.27. The van der Waals surface area contributed by atoms with Crippen molar-refractivity contribution in [2.75, 3.05) is 11.4 Å². The van der Waals surface area contributed by atoms with Gasteiger partial charge in [-0.2, -0.15) is 0 Å². The maximum absolute atomic E-state index is 12.5. The van der Waals surface area contributed by atoms with Gasteiger partial charge in [0.1, 0.15) is 0 Å². The van der Waals surface area contributed by atoms with Crippen molar-refractivity contribution in [2.45, 2.75) is 13.0 Å². The summed E-state index contributed by atoms with van der Waals surface area (Å²) in [5, 5.41) is 0. The number of nitrogens with one attached hydrogen (secondary N) is 1. The third-order valence-electron chi connectivity index (χ3n) is 2.40. The van der Waals surface area contributed by atoms with Gasteiger partial charge in [-0.25, -0.2) is 13.8 Å². The van der Waals surface area contributed by atoms with E-state index in [1.54, 1.807) is 17.4 Å². The van der Waals surface area contributed by atoms with E-state index < -0.39 is 6.43 Å². The van der Waals surface area contributed by atoms with Gasteiger partial charge >= 0.3 is 0 Å². The molecule has 0 aliphatic rings. The molecule has 0 atom stereocenters. The number of alkyl halides is 2. The molecular weight excluding hydrogens is 224 g/mol. The number of para-hydroxylation sites is 1. The van der Waals surface area contributed by atoms with Gasteiger partial charge in [0.05, 0.1) is 25.1 Å². The molecule has 2 rings (SSSR count). The van der Waals surface area contributed by atoms with Crippen LogP contribution >= 0.6 is 0 Å². The van der Waals surface area contributed by atoms with E-state index in [2.05, 4.69) is 9.97 Å². The van der Waals surface area contributed by atoms with Gasteiger partial charge < -0.3 is 9.88 Å². The van der Waals surface area contributed by atoms with Gasteiger partial charge in [-0.1, -0.05) is 18.2 Å². The number of halogens is 2. The van der Waals surface area contributed by atoms with Crippen molar-refractivity contribution in [1.29, 1.82) is 0 Å². The summed E-state index contributed by atoms with van der Waals surface area (Å²) in [5.74, 6) is 0. The van der Waals surface area contributed by atoms with Crippen molar-refractivity contribution in [3.8, 4) is 0 Å². The maximum Gasteiger partial charge on any atom is 0.255 e. The van der Waals surface area contributed by atoms with Crippen LogP contribution in [-0.2, 0) is 6.54 Å². The highest BCUT2D eigenvalue weighted by molar-refractivity contribution is 5.46. The molecule has 0 amide bonds. The average molecular weight is 237 g/mol. The fourth-order valence-electron chi connectivity index (χ4n) is 1.64. The number of aromatic amines is 1. The highest BCUT2D eigenvalue weighted by atomic mass is 19.3. The molecular formula is C12H13F2N3. The molecule has 3 nitrogen and oxygen atoms in total. The van der Waals surface area contributed by atoms with Crippen molar-refractivity contribution < 1.29 is 8.78 Å². The van der Waals surface area contributed by atoms with Crippen LogP contribution in [0.2, 0.25) is 0 Å². The van der Waals surface area contributed by atoms with Gasteiger partial charge in [0.2, 0.25) is 0 Å². The van der Waals surface area contributed by atoms with E-state index >= 15 is 0 Å². The van der Waals surface area contributed by atoms with Crippen LogP contribution in [0.3, 0.4) is 0 Å². The summed E-state index contributed by atoms with van der Waals surface area (Å²) in [5.41, 5.74) is 1.59. The summed E-state index contributed by atoms with van der Waals surface area (Å²) in [6, 6.07) is 9.17. The molecule has 0 bridgehead atoms. The first-order valence-electron chi connectivity index (χ1n) is 5.31. The third-order valence-corrected chi connectivity index (χ3v) is 2.40. The standard InChI is InChI=1S/C12H13F2N3/c13-12(14)8-17(7-10-6-15-9-16-10)11-4-2-1-3-5-11/h1-6,9,12H,7-8H2,(H,15,16). The second-order valence-corrected chi connectivity index (χ2v) is 3.68. The highest BCUT2D eigenvalue weighted by Crippen LogP contribution is 2.17. The van der Waals surface area contributed by atoms with E-state index in [0.717, 1.165) is 11.4 Å². The Morgan fingerprint density at radius 3 is 2.59 bits per heavy atom. The molecule has 1 aromatic carbocycles. The second kappa shape index (κ2) is 5.43. The number of H-pyrrole nitrogens is 1. The molecule has 90 valence electrons. The zero-order chi connectivity index (χ0) is 12.1. The molecule has 0 aliphatic carbocycles. The van der Waals surface area contributed by atoms with Crippen LogP contribution in [0.5, 0.6) is 0 Å². The summed E-state index contributed by atoms with van der Waals surface area (Å²) in [6.45, 7) is 0.109. The predicted octanol–water partition coefficient (Wildman–Crippen LogP) is 2.68. The molecule has 0 unspecified atom stereocenters. The summed E-state index contributed by atoms with van der Waals surface area (Å²) in [4.78, 5) is 8.41. The molecule has 0 saturated heterocycles. The first-order valence-corrected chi connectivity index (χ1v) is 5.31. The van der Waals surface area contributed by atoms with E-state index in [0.29, 0.717) is 6.54 Å². The van der Waals surface area contributed by atoms with E-state index in [4.69, 9.17) is 0 Å². The van der Waals surface area contributed by atoms with Crippen molar-refractivity contribution in [3.63, 3.8) is 0 Å². The molecule has 0 aliphatic heterocycles. The van der Waals surface area contributed by atoms with E-state index in [-0.39, 0.29) is 6.54 Å². The van der Waals surface area contributed by atoms with E-state index in [1.807, 2.05) is 30.3 Å². The first kappa shape index (κ1) is 11.6. The van der Waals surface area contributed by atoms with Gasteiger partial charge in [-0.05, 0) is 12.1 Å². The molecule has 5 heteroatoms. The van der Waals surface area contributed by atoms with Crippen LogP contribution in [-0.4, -0.2) is 22.9 Å². The Labute approximate surface area is 98.1 Å². The molecule has 17 heavy (non-hydrogen) atoms. The lowest BCUT2D eigenvalue weighted by Crippen LogP contribution is -2.28. The maximum atomic E-state index is 12.5. The Morgan fingerprint density at radius 2 is 2.00 bits per heavy atom. The number of hydrogen-bond donors (Lipinski definition) is 1. The largest absolute Gasteiger partial charge is 0.360 e. The number of hydrogen-bond acceptors (Lipinski definition) is 2. The van der Waals surface area contributed by atoms with Crippen LogP contribution in [0, 0.1) is 0 Å². The molecule has 0 radical (unpaired) electrons. The minimum Gasteiger partial charge on any atom is -0.360 e. The smallest absolute Gasteiger partial charge is 0.255 e. The predicted molar refractivity (Wildman–Crippen MR) is 62.1 cm³/mol. The van der Waals surface area contributed by atoms with Gasteiger partial charge in [-0.15, -0.1) is 0 Å². The monoisotopic (exact) mass is 237 g/mol. The Hall–Kier alpha value is -1.91. The van der Waals surface area contributed by atoms with Gasteiger partial charge in [0.15, 0.2) is 0 Å². The fourth-order valence-corrected chi connectivity index (χ4v) is 1.64. The first-order chi connectivity index (χ1) is 8.25. The molecule has 0 spiro atoms. The lowest BCUT2D eigenvalue weighted by Gasteiger charge is -2.23. The number of benzene rings is 1. The lowest BCUT2D eigenvalue weighted by molar-refractivity contribution is 0.154. The number of aromatic nitrogens is 2. The van der Waals surface area contributed by atoms with Gasteiger partial charge in [0, 0.05) is 11.9 Å². The molecule has 1 heterocycles. The Balaban J connectivity index is 2.14. The van der Waals surface area contributed by atoms with Crippen molar-refractivity contribution in [1.82, 2.24) is 9.97 Å². The zero-order valence-electron chi connectivity index (χ0n) is 9.18. The lowest BCUT2D eigenvalue weighted by atomic mass is 10.2. The van der Waals surface area contributed by atoms with Crippen molar-refractivity contribution in [3.05, 3.63) is 48.5 Å². The topological polar surface area (TPSA) is 31.9 Å². The Kier molecular flexibility index (Phi) is 3.69. The summed E-state index contributed by atoms with van der Waals surface area (Å²) in [7, 11) is 0. The average Bonchev–Trinajstić information content (AvgIpc) is 2.82. The molecule has 0 fully saturated rings. The van der Waals surface area contributed by atoms with Crippen LogP contribution < -0.4 is 4.90 Å². The van der Waals surface area contributed by atoms with Gasteiger partial charge in [-0.3, -0.25) is 0 Å². The summed E-state index contributed by atoms with van der Waals surface area (Å²) >= 11 is 0. The molecule has 2 aromatic rings. The summed E-state index contributed by atoms with van der Waals surface area (Å²) in [6.07, 6.45) is 0.820. The highest BCUT2D eigenvalue weighted by Gasteiger charge is 2.13. The normalized spacial score (nSPS) is 10.8. The summed E-state index contributed by atoms with van der Waals surface area (Å²) < 4.78 is 25.1. The van der Waals surface area contributed by atoms with E-state index in [1.165, 1.54) is 0 Å². The molecule has 1 aromatic heterocycles. The fraction of sp³-hybridized carbons (Fsp3) is 0.250. The molecule has 1 N–H and O–H groups in total. The quantitative estimate of drug-likeness (QED) is 0.867. The zero-order valence-corrected chi connectivity index (χ0v) is 9.18. The number of imidazole rings is 1. The van der Waals surface area contributed by atoms with E-state index in [9.17, 15) is 8.78 Å². The second-order valence-electron chi connectivity index (χ2n) is 3.68. The van der Waals surface area contributed by atoms with Crippen molar-refractivity contribution in [2.24, 2.45) is 0 Å². The minimum absolute atomic E-state index is 0.289. The van der Waals surface area contributed by atoms with Crippen LogP contribution in [0.4, 0.5) is 14.5 Å². The van der Waals surface area contributed by atoms with Crippen molar-refractivity contribution >= 4 is 5.69 Å². The van der Waals surface area contributed by atoms with Crippen LogP contribution in [0.15, 0.2) is 42.9 Å². The Bertz CT molecular complexity index is 428. The van der Waals surface area contributed by atoms with Crippen LogP contribution in [0.1, 0.15) is 5.69 Å². The number of rotatable bonds is 5. The Morgan fingerprint density at radius 1 is 1.24 bits per heavy atom. The van der Waals surface area contributed by atoms with Gasteiger partial charge in [0.25, 0.3) is 6.43 Å². The molecule has 0 saturated carbocycles.